The number of hydrogen-bond acceptors (Lipinski definition) is 1. The maximum atomic E-state index is 11.5. The van der Waals surface area contributed by atoms with Gasteiger partial charge in [0.05, 0.1) is 5.38 Å². The number of nitrogens with zero attached hydrogens (tertiary/aromatic N) is 1. The molecule has 0 aliphatic carbocycles. The Morgan fingerprint density at radius 3 is 2.94 bits per heavy atom. The van der Waals surface area contributed by atoms with E-state index in [1.807, 2.05) is 4.90 Å². The normalized spacial score (nSPS) is 20.5. The zero-order valence-corrected chi connectivity index (χ0v) is 10.2. The first-order valence-corrected chi connectivity index (χ1v) is 6.06. The van der Waals surface area contributed by atoms with Gasteiger partial charge in [0.15, 0.2) is 0 Å². The summed E-state index contributed by atoms with van der Waals surface area (Å²) in [6.07, 6.45) is 1.41. The van der Waals surface area contributed by atoms with E-state index in [0.717, 1.165) is 13.0 Å². The highest BCUT2D eigenvalue weighted by Crippen LogP contribution is 2.16. The fraction of sp³-hybridized carbons (Fsp3) is 0.462. The van der Waals surface area contributed by atoms with E-state index in [2.05, 4.69) is 31.2 Å². The van der Waals surface area contributed by atoms with Crippen LogP contribution in [0.5, 0.6) is 0 Å². The monoisotopic (exact) mass is 237 g/mol. The summed E-state index contributed by atoms with van der Waals surface area (Å²) in [5.41, 5.74) is 2.55. The molecular formula is C13H16ClNO. The second-order valence-corrected chi connectivity index (χ2v) is 5.00. The van der Waals surface area contributed by atoms with Gasteiger partial charge in [0.1, 0.15) is 0 Å². The van der Waals surface area contributed by atoms with E-state index in [4.69, 9.17) is 11.6 Å². The predicted molar refractivity (Wildman–Crippen MR) is 65.7 cm³/mol. The van der Waals surface area contributed by atoms with Gasteiger partial charge >= 0.3 is 0 Å². The molecule has 0 bridgehead atoms. The third kappa shape index (κ3) is 2.76. The molecule has 1 unspecified atom stereocenters. The molecule has 0 saturated carbocycles. The molecule has 1 fully saturated rings. The van der Waals surface area contributed by atoms with Crippen LogP contribution < -0.4 is 0 Å². The third-order valence-corrected chi connectivity index (χ3v) is 3.21. The summed E-state index contributed by atoms with van der Waals surface area (Å²) < 4.78 is 0. The summed E-state index contributed by atoms with van der Waals surface area (Å²) in [5.74, 6) is 0.188. The van der Waals surface area contributed by atoms with Gasteiger partial charge in [-0.15, -0.1) is 11.6 Å². The van der Waals surface area contributed by atoms with E-state index in [-0.39, 0.29) is 11.3 Å². The molecule has 1 aliphatic heterocycles. The van der Waals surface area contributed by atoms with Gasteiger partial charge in [-0.2, -0.15) is 0 Å². The average molecular weight is 238 g/mol. The summed E-state index contributed by atoms with van der Waals surface area (Å²) in [6, 6.07) is 8.41. The number of carbonyl (C=O) groups is 1. The Morgan fingerprint density at radius 2 is 2.31 bits per heavy atom. The Balaban J connectivity index is 1.90. The quantitative estimate of drug-likeness (QED) is 0.740. The van der Waals surface area contributed by atoms with Crippen molar-refractivity contribution in [3.8, 4) is 0 Å². The Morgan fingerprint density at radius 1 is 1.50 bits per heavy atom. The van der Waals surface area contributed by atoms with Gasteiger partial charge in [0, 0.05) is 19.5 Å². The van der Waals surface area contributed by atoms with Crippen LogP contribution in [0.1, 0.15) is 17.5 Å². The molecule has 1 heterocycles. The van der Waals surface area contributed by atoms with Gasteiger partial charge < -0.3 is 4.90 Å². The van der Waals surface area contributed by atoms with Crippen LogP contribution in [0.4, 0.5) is 0 Å². The van der Waals surface area contributed by atoms with E-state index < -0.39 is 0 Å². The lowest BCUT2D eigenvalue weighted by atomic mass is 10.1. The number of amides is 1. The van der Waals surface area contributed by atoms with Gasteiger partial charge in [0.2, 0.25) is 5.91 Å². The first kappa shape index (κ1) is 11.5. The second-order valence-electron chi connectivity index (χ2n) is 4.38. The molecule has 0 spiro atoms. The van der Waals surface area contributed by atoms with Crippen molar-refractivity contribution in [3.63, 3.8) is 0 Å². The summed E-state index contributed by atoms with van der Waals surface area (Å²) in [4.78, 5) is 13.4. The maximum Gasteiger partial charge on any atom is 0.224 e. The molecule has 2 nitrogen and oxygen atoms in total. The van der Waals surface area contributed by atoms with Crippen LogP contribution in [-0.2, 0) is 11.2 Å². The second kappa shape index (κ2) is 4.88. The number of rotatable bonds is 3. The SMILES string of the molecule is Cc1cccc(CCN2CC(Cl)CC2=O)c1. The minimum Gasteiger partial charge on any atom is -0.341 e. The molecule has 0 radical (unpaired) electrons. The number of benzene rings is 1. The molecule has 1 atom stereocenters. The minimum atomic E-state index is 0.00464. The van der Waals surface area contributed by atoms with E-state index in [9.17, 15) is 4.79 Å². The van der Waals surface area contributed by atoms with E-state index >= 15 is 0 Å². The highest BCUT2D eigenvalue weighted by atomic mass is 35.5. The van der Waals surface area contributed by atoms with Crippen molar-refractivity contribution in [1.29, 1.82) is 0 Å². The molecule has 1 amide bonds. The maximum absolute atomic E-state index is 11.5. The summed E-state index contributed by atoms with van der Waals surface area (Å²) in [5, 5.41) is 0.00464. The first-order chi connectivity index (χ1) is 7.65. The summed E-state index contributed by atoms with van der Waals surface area (Å²) >= 11 is 5.95. The molecular weight excluding hydrogens is 222 g/mol. The van der Waals surface area contributed by atoms with Crippen molar-refractivity contribution >= 4 is 17.5 Å². The summed E-state index contributed by atoms with van der Waals surface area (Å²) in [6.45, 7) is 3.57. The van der Waals surface area contributed by atoms with Crippen LogP contribution in [0.2, 0.25) is 0 Å². The van der Waals surface area contributed by atoms with E-state index in [1.54, 1.807) is 0 Å². The first-order valence-electron chi connectivity index (χ1n) is 5.62. The van der Waals surface area contributed by atoms with Crippen LogP contribution >= 0.6 is 11.6 Å². The standard InChI is InChI=1S/C13H16ClNO/c1-10-3-2-4-11(7-10)5-6-15-9-12(14)8-13(15)16/h2-4,7,12H,5-6,8-9H2,1H3. The molecule has 86 valence electrons. The zero-order valence-electron chi connectivity index (χ0n) is 9.45. The highest BCUT2D eigenvalue weighted by molar-refractivity contribution is 6.22. The van der Waals surface area contributed by atoms with Crippen molar-refractivity contribution in [2.45, 2.75) is 25.1 Å². The van der Waals surface area contributed by atoms with Crippen LogP contribution in [-0.4, -0.2) is 29.3 Å². The van der Waals surface area contributed by atoms with Crippen molar-refractivity contribution < 1.29 is 4.79 Å². The van der Waals surface area contributed by atoms with Crippen molar-refractivity contribution in [2.24, 2.45) is 0 Å². The van der Waals surface area contributed by atoms with Gasteiger partial charge in [-0.25, -0.2) is 0 Å². The molecule has 0 aromatic heterocycles. The number of likely N-dealkylation sites (tertiary alicyclic amines) is 1. The molecule has 16 heavy (non-hydrogen) atoms. The Hall–Kier alpha value is -1.02. The smallest absolute Gasteiger partial charge is 0.224 e. The molecule has 0 N–H and O–H groups in total. The molecule has 3 heteroatoms. The lowest BCUT2D eigenvalue weighted by Crippen LogP contribution is -2.27. The summed E-state index contributed by atoms with van der Waals surface area (Å²) in [7, 11) is 0. The molecule has 2 rings (SSSR count). The number of alkyl halides is 1. The minimum absolute atomic E-state index is 0.00464. The van der Waals surface area contributed by atoms with E-state index in [0.29, 0.717) is 13.0 Å². The molecule has 1 aromatic rings. The van der Waals surface area contributed by atoms with Crippen molar-refractivity contribution in [2.75, 3.05) is 13.1 Å². The zero-order chi connectivity index (χ0) is 11.5. The Bertz CT molecular complexity index is 391. The molecule has 1 saturated heterocycles. The van der Waals surface area contributed by atoms with Gasteiger partial charge in [-0.05, 0) is 18.9 Å². The van der Waals surface area contributed by atoms with Crippen LogP contribution in [0.15, 0.2) is 24.3 Å². The predicted octanol–water partition coefficient (Wildman–Crippen LogP) is 2.38. The number of carbonyl (C=O) groups excluding carboxylic acids is 1. The van der Waals surface area contributed by atoms with Gasteiger partial charge in [-0.1, -0.05) is 29.8 Å². The van der Waals surface area contributed by atoms with Crippen LogP contribution in [0.3, 0.4) is 0 Å². The topological polar surface area (TPSA) is 20.3 Å². The Labute approximate surface area is 101 Å². The van der Waals surface area contributed by atoms with Crippen molar-refractivity contribution in [1.82, 2.24) is 4.90 Å². The van der Waals surface area contributed by atoms with Crippen LogP contribution in [0, 0.1) is 6.92 Å². The van der Waals surface area contributed by atoms with Crippen LogP contribution in [0.25, 0.3) is 0 Å². The van der Waals surface area contributed by atoms with Gasteiger partial charge in [0.25, 0.3) is 0 Å². The highest BCUT2D eigenvalue weighted by Gasteiger charge is 2.27. The third-order valence-electron chi connectivity index (χ3n) is 2.92. The van der Waals surface area contributed by atoms with Crippen molar-refractivity contribution in [3.05, 3.63) is 35.4 Å². The lowest BCUT2D eigenvalue weighted by molar-refractivity contribution is -0.127. The Kier molecular flexibility index (Phi) is 3.49. The number of aryl methyl sites for hydroxylation is 1. The fourth-order valence-corrected chi connectivity index (χ4v) is 2.37. The fourth-order valence-electron chi connectivity index (χ4n) is 2.07. The largest absolute Gasteiger partial charge is 0.341 e. The number of hydrogen-bond donors (Lipinski definition) is 0. The lowest BCUT2D eigenvalue weighted by Gasteiger charge is -2.15. The molecule has 1 aromatic carbocycles. The van der Waals surface area contributed by atoms with E-state index in [1.165, 1.54) is 11.1 Å². The van der Waals surface area contributed by atoms with Gasteiger partial charge in [-0.3, -0.25) is 4.79 Å². The number of halogens is 1. The average Bonchev–Trinajstić information content (AvgIpc) is 2.54. The molecule has 1 aliphatic rings.